The number of nitrogens with zero attached hydrogens (tertiary/aromatic N) is 5. The molecule has 5 rings (SSSR count). The van der Waals surface area contributed by atoms with E-state index in [0.29, 0.717) is 16.5 Å². The number of carbonyl (C=O) groups is 1. The van der Waals surface area contributed by atoms with Crippen LogP contribution in [0.5, 0.6) is 5.88 Å². The van der Waals surface area contributed by atoms with Crippen molar-refractivity contribution in [1.29, 1.82) is 0 Å². The van der Waals surface area contributed by atoms with E-state index in [2.05, 4.69) is 20.4 Å². The van der Waals surface area contributed by atoms with Crippen LogP contribution in [-0.2, 0) is 11.8 Å². The second-order valence-corrected chi connectivity index (χ2v) is 8.99. The molecule has 0 aliphatic carbocycles. The number of carbonyl (C=O) groups excluding carboxylic acids is 1. The van der Waals surface area contributed by atoms with Crippen molar-refractivity contribution >= 4 is 32.7 Å². The van der Waals surface area contributed by atoms with Crippen molar-refractivity contribution in [2.45, 2.75) is 19.3 Å². The molecule has 158 valence electrons. The van der Waals surface area contributed by atoms with E-state index in [4.69, 9.17) is 9.47 Å². The van der Waals surface area contributed by atoms with Crippen molar-refractivity contribution < 1.29 is 14.3 Å². The predicted molar refractivity (Wildman–Crippen MR) is 114 cm³/mol. The highest BCUT2D eigenvalue weighted by molar-refractivity contribution is 7.23. The van der Waals surface area contributed by atoms with Gasteiger partial charge in [0.15, 0.2) is 5.13 Å². The summed E-state index contributed by atoms with van der Waals surface area (Å²) in [6, 6.07) is -0.104. The number of urea groups is 1. The number of fused-ring (bicyclic) bond motifs is 1. The lowest BCUT2D eigenvalue weighted by molar-refractivity contribution is 0.0211. The van der Waals surface area contributed by atoms with Crippen LogP contribution >= 0.6 is 11.3 Å². The van der Waals surface area contributed by atoms with E-state index in [-0.39, 0.29) is 11.4 Å². The first-order valence-corrected chi connectivity index (χ1v) is 10.8. The fraction of sp³-hybridized carbons (Fsp3) is 0.500. The van der Waals surface area contributed by atoms with Gasteiger partial charge in [-0.3, -0.25) is 10.00 Å². The molecule has 2 amide bonds. The minimum Gasteiger partial charge on any atom is -0.479 e. The fourth-order valence-corrected chi connectivity index (χ4v) is 5.33. The number of aromatic nitrogens is 4. The Morgan fingerprint density at radius 3 is 2.87 bits per heavy atom. The number of hydrogen-bond acceptors (Lipinski definition) is 7. The summed E-state index contributed by atoms with van der Waals surface area (Å²) < 4.78 is 13.5. The molecule has 1 N–H and O–H groups in total. The van der Waals surface area contributed by atoms with E-state index in [9.17, 15) is 4.79 Å². The van der Waals surface area contributed by atoms with E-state index < -0.39 is 0 Å². The Balaban J connectivity index is 1.40. The van der Waals surface area contributed by atoms with Crippen LogP contribution in [-0.4, -0.2) is 64.1 Å². The van der Waals surface area contributed by atoms with Crippen LogP contribution in [0.4, 0.5) is 9.93 Å². The van der Waals surface area contributed by atoms with Gasteiger partial charge in [-0.25, -0.2) is 14.8 Å². The number of rotatable bonds is 3. The van der Waals surface area contributed by atoms with Crippen molar-refractivity contribution in [3.8, 4) is 17.0 Å². The van der Waals surface area contributed by atoms with E-state index in [1.165, 1.54) is 11.3 Å². The second-order valence-electron chi connectivity index (χ2n) is 7.99. The van der Waals surface area contributed by atoms with Gasteiger partial charge >= 0.3 is 6.03 Å². The molecule has 3 aromatic heterocycles. The Morgan fingerprint density at radius 1 is 1.30 bits per heavy atom. The van der Waals surface area contributed by atoms with Crippen molar-refractivity contribution in [1.82, 2.24) is 24.6 Å². The Kier molecular flexibility index (Phi) is 4.82. The Labute approximate surface area is 178 Å². The van der Waals surface area contributed by atoms with Gasteiger partial charge in [0, 0.05) is 56.9 Å². The van der Waals surface area contributed by atoms with Crippen molar-refractivity contribution in [3.05, 3.63) is 18.6 Å². The van der Waals surface area contributed by atoms with E-state index in [1.54, 1.807) is 24.2 Å². The van der Waals surface area contributed by atoms with Gasteiger partial charge in [-0.2, -0.15) is 5.10 Å². The van der Waals surface area contributed by atoms with E-state index in [1.807, 2.05) is 18.1 Å². The molecule has 10 heteroatoms. The molecule has 0 aromatic carbocycles. The summed E-state index contributed by atoms with van der Waals surface area (Å²) in [5, 5.41) is 7.78. The molecule has 2 saturated heterocycles. The quantitative estimate of drug-likeness (QED) is 0.689. The Morgan fingerprint density at radius 2 is 2.13 bits per heavy atom. The molecule has 1 spiro atoms. The Hall–Kier alpha value is -2.72. The highest BCUT2D eigenvalue weighted by atomic mass is 32.1. The summed E-state index contributed by atoms with van der Waals surface area (Å²) >= 11 is 1.42. The van der Waals surface area contributed by atoms with Gasteiger partial charge in [0.05, 0.1) is 18.0 Å². The van der Waals surface area contributed by atoms with Crippen LogP contribution < -0.4 is 10.1 Å². The monoisotopic (exact) mass is 428 g/mol. The van der Waals surface area contributed by atoms with Crippen LogP contribution in [0.25, 0.3) is 21.3 Å². The highest BCUT2D eigenvalue weighted by Gasteiger charge is 2.41. The molecule has 30 heavy (non-hydrogen) atoms. The minimum absolute atomic E-state index is 0.104. The third-order valence-corrected chi connectivity index (χ3v) is 7.09. The molecule has 2 aliphatic rings. The normalized spacial score (nSPS) is 18.3. The SMILES string of the molecule is COc1ncc(-c2cnn(C)c2)c2sc(NC(=O)N3CCC4(CCOCC4)C3)nc12. The van der Waals surface area contributed by atoms with E-state index in [0.717, 1.165) is 61.4 Å². The lowest BCUT2D eigenvalue weighted by atomic mass is 9.80. The molecule has 0 saturated carbocycles. The van der Waals surface area contributed by atoms with Crippen LogP contribution in [0.1, 0.15) is 19.3 Å². The van der Waals surface area contributed by atoms with Crippen LogP contribution in [0, 0.1) is 5.41 Å². The van der Waals surface area contributed by atoms with Gasteiger partial charge in [0.2, 0.25) is 5.88 Å². The summed E-state index contributed by atoms with van der Waals surface area (Å²) in [6.07, 6.45) is 8.56. The van der Waals surface area contributed by atoms with Gasteiger partial charge in [-0.1, -0.05) is 11.3 Å². The standard InChI is InChI=1S/C20H24N6O3S/c1-25-11-13(9-22-25)14-10-21-17(28-2)15-16(14)30-18(23-15)24-19(27)26-6-3-20(12-26)4-7-29-8-5-20/h9-11H,3-8,12H2,1-2H3,(H,23,24,27). The first-order valence-electron chi connectivity index (χ1n) is 10.0. The number of pyridine rings is 1. The van der Waals surface area contributed by atoms with Gasteiger partial charge in [-0.05, 0) is 24.7 Å². The topological polar surface area (TPSA) is 94.4 Å². The molecule has 3 aromatic rings. The fourth-order valence-electron chi connectivity index (χ4n) is 4.35. The number of amides is 2. The highest BCUT2D eigenvalue weighted by Crippen LogP contribution is 2.41. The predicted octanol–water partition coefficient (Wildman–Crippen LogP) is 3.13. The van der Waals surface area contributed by atoms with Gasteiger partial charge in [0.25, 0.3) is 0 Å². The molecule has 2 aliphatic heterocycles. The minimum atomic E-state index is -0.104. The summed E-state index contributed by atoms with van der Waals surface area (Å²) in [7, 11) is 3.44. The number of hydrogen-bond donors (Lipinski definition) is 1. The van der Waals surface area contributed by atoms with E-state index >= 15 is 0 Å². The number of anilines is 1. The smallest absolute Gasteiger partial charge is 0.323 e. The summed E-state index contributed by atoms with van der Waals surface area (Å²) in [4.78, 5) is 23.8. The molecule has 2 fully saturated rings. The third-order valence-electron chi connectivity index (χ3n) is 6.09. The zero-order chi connectivity index (χ0) is 20.7. The average molecular weight is 429 g/mol. The molecular weight excluding hydrogens is 404 g/mol. The van der Waals surface area contributed by atoms with Gasteiger partial charge < -0.3 is 14.4 Å². The largest absolute Gasteiger partial charge is 0.479 e. The van der Waals surface area contributed by atoms with Gasteiger partial charge in [0.1, 0.15) is 5.52 Å². The first kappa shape index (κ1) is 19.3. The maximum Gasteiger partial charge on any atom is 0.323 e. The molecule has 9 nitrogen and oxygen atoms in total. The zero-order valence-electron chi connectivity index (χ0n) is 17.1. The molecule has 5 heterocycles. The van der Waals surface area contributed by atoms with Crippen LogP contribution in [0.2, 0.25) is 0 Å². The third kappa shape index (κ3) is 3.39. The number of thiazole rings is 1. The molecule has 0 unspecified atom stereocenters. The van der Waals surface area contributed by atoms with Crippen molar-refractivity contribution in [2.24, 2.45) is 12.5 Å². The first-order chi connectivity index (χ1) is 14.6. The van der Waals surface area contributed by atoms with Crippen molar-refractivity contribution in [2.75, 3.05) is 38.7 Å². The molecule has 0 radical (unpaired) electrons. The lowest BCUT2D eigenvalue weighted by Crippen LogP contribution is -2.37. The van der Waals surface area contributed by atoms with Crippen LogP contribution in [0.15, 0.2) is 18.6 Å². The van der Waals surface area contributed by atoms with Crippen LogP contribution in [0.3, 0.4) is 0 Å². The second kappa shape index (κ2) is 7.51. The van der Waals surface area contributed by atoms with Gasteiger partial charge in [-0.15, -0.1) is 0 Å². The molecule has 0 atom stereocenters. The number of ether oxygens (including phenoxy) is 2. The summed E-state index contributed by atoms with van der Waals surface area (Å²) in [5.74, 6) is 0.441. The summed E-state index contributed by atoms with van der Waals surface area (Å²) in [5.41, 5.74) is 2.71. The number of methoxy groups -OCH3 is 1. The maximum atomic E-state index is 12.9. The molecular formula is C20H24N6O3S. The average Bonchev–Trinajstić information content (AvgIpc) is 3.47. The molecule has 0 bridgehead atoms. The number of aryl methyl sites for hydroxylation is 1. The number of likely N-dealkylation sites (tertiary alicyclic amines) is 1. The summed E-state index contributed by atoms with van der Waals surface area (Å²) in [6.45, 7) is 3.12. The Bertz CT molecular complexity index is 1090. The van der Waals surface area contributed by atoms with Crippen molar-refractivity contribution in [3.63, 3.8) is 0 Å². The zero-order valence-corrected chi connectivity index (χ0v) is 17.9. The number of nitrogens with one attached hydrogen (secondary N) is 1. The maximum absolute atomic E-state index is 12.9. The lowest BCUT2D eigenvalue weighted by Gasteiger charge is -2.33.